The van der Waals surface area contributed by atoms with Crippen molar-refractivity contribution in [2.45, 2.75) is 0 Å². The lowest BCUT2D eigenvalue weighted by molar-refractivity contribution is -0.135. The number of pyridine rings is 1. The Hall–Kier alpha value is -3.55. The number of anilines is 1. The summed E-state index contributed by atoms with van der Waals surface area (Å²) in [6, 6.07) is 11.0. The molecule has 1 aliphatic rings. The number of benzene rings is 1. The van der Waals surface area contributed by atoms with Gasteiger partial charge in [-0.25, -0.2) is 9.78 Å². The average molecular weight is 411 g/mol. The summed E-state index contributed by atoms with van der Waals surface area (Å²) in [5.41, 5.74) is 0.751. The third-order valence-corrected chi connectivity index (χ3v) is 4.76. The quantitative estimate of drug-likeness (QED) is 0.509. The van der Waals surface area contributed by atoms with E-state index in [0.29, 0.717) is 24.6 Å². The number of carbonyl (C=O) groups is 2. The minimum absolute atomic E-state index is 0.0721. The van der Waals surface area contributed by atoms with Crippen LogP contribution in [0.15, 0.2) is 48.7 Å². The first-order chi connectivity index (χ1) is 14.6. The van der Waals surface area contributed by atoms with E-state index >= 15 is 0 Å². The third-order valence-electron chi connectivity index (χ3n) is 4.76. The summed E-state index contributed by atoms with van der Waals surface area (Å²) in [5.74, 6) is 1.35. The number of hydrogen-bond donors (Lipinski definition) is 0. The molecule has 1 saturated heterocycles. The smallest absolute Gasteiger partial charge is 0.330 e. The summed E-state index contributed by atoms with van der Waals surface area (Å²) in [7, 11) is 2.84. The van der Waals surface area contributed by atoms with E-state index < -0.39 is 5.97 Å². The molecule has 0 N–H and O–H groups in total. The lowest BCUT2D eigenvalue weighted by atomic mass is 10.2. The molecular weight excluding hydrogens is 386 g/mol. The van der Waals surface area contributed by atoms with Crippen LogP contribution in [0.5, 0.6) is 11.5 Å². The molecule has 0 atom stereocenters. The number of hydrogen-bond acceptors (Lipinski definition) is 7. The summed E-state index contributed by atoms with van der Waals surface area (Å²) in [6.45, 7) is 2.62. The number of methoxy groups -OCH3 is 2. The van der Waals surface area contributed by atoms with Gasteiger partial charge in [-0.1, -0.05) is 12.1 Å². The van der Waals surface area contributed by atoms with Gasteiger partial charge in [0.15, 0.2) is 18.1 Å². The molecule has 0 saturated carbocycles. The standard InChI is InChI=1S/C22H25N3O5/c1-28-19-15-17(7-9-22(27)29-2)6-8-18(19)30-16-21(26)25-13-11-24(12-14-25)20-5-3-4-10-23-20/h3-10,15H,11-14,16H2,1-2H3. The lowest BCUT2D eigenvalue weighted by Gasteiger charge is -2.35. The number of piperazine rings is 1. The molecule has 8 heteroatoms. The van der Waals surface area contributed by atoms with Gasteiger partial charge in [-0.15, -0.1) is 0 Å². The molecular formula is C22H25N3O5. The molecule has 158 valence electrons. The van der Waals surface area contributed by atoms with Crippen LogP contribution in [0.1, 0.15) is 5.56 Å². The Balaban J connectivity index is 1.53. The Morgan fingerprint density at radius 2 is 1.87 bits per heavy atom. The molecule has 30 heavy (non-hydrogen) atoms. The van der Waals surface area contributed by atoms with Gasteiger partial charge in [-0.05, 0) is 35.9 Å². The van der Waals surface area contributed by atoms with E-state index in [2.05, 4.69) is 14.6 Å². The first kappa shape index (κ1) is 21.2. The highest BCUT2D eigenvalue weighted by molar-refractivity contribution is 5.87. The topological polar surface area (TPSA) is 81.2 Å². The summed E-state index contributed by atoms with van der Waals surface area (Å²) < 4.78 is 15.6. The Morgan fingerprint density at radius 3 is 2.53 bits per heavy atom. The van der Waals surface area contributed by atoms with Crippen molar-refractivity contribution in [2.75, 3.05) is 51.9 Å². The molecule has 2 aromatic rings. The molecule has 0 spiro atoms. The van der Waals surface area contributed by atoms with E-state index in [4.69, 9.17) is 9.47 Å². The fourth-order valence-corrected chi connectivity index (χ4v) is 3.10. The van der Waals surface area contributed by atoms with E-state index in [1.807, 2.05) is 18.2 Å². The van der Waals surface area contributed by atoms with Crippen LogP contribution in [0.25, 0.3) is 6.08 Å². The minimum atomic E-state index is -0.442. The second kappa shape index (κ2) is 10.3. The zero-order valence-corrected chi connectivity index (χ0v) is 17.1. The predicted molar refractivity (Wildman–Crippen MR) is 113 cm³/mol. The lowest BCUT2D eigenvalue weighted by Crippen LogP contribution is -2.50. The van der Waals surface area contributed by atoms with E-state index in [9.17, 15) is 9.59 Å². The summed E-state index contributed by atoms with van der Waals surface area (Å²) >= 11 is 0. The van der Waals surface area contributed by atoms with Crippen molar-refractivity contribution < 1.29 is 23.8 Å². The number of nitrogens with zero attached hydrogens (tertiary/aromatic N) is 3. The molecule has 0 bridgehead atoms. The molecule has 1 aromatic carbocycles. The first-order valence-corrected chi connectivity index (χ1v) is 9.61. The van der Waals surface area contributed by atoms with Crippen molar-refractivity contribution in [2.24, 2.45) is 0 Å². The van der Waals surface area contributed by atoms with Gasteiger partial charge in [0.2, 0.25) is 0 Å². The maximum atomic E-state index is 12.6. The summed E-state index contributed by atoms with van der Waals surface area (Å²) in [6.07, 6.45) is 4.71. The SMILES string of the molecule is COC(=O)C=Cc1ccc(OCC(=O)N2CCN(c3ccccn3)CC2)c(OC)c1. The largest absolute Gasteiger partial charge is 0.493 e. The molecule has 1 amide bonds. The Kier molecular flexibility index (Phi) is 7.26. The van der Waals surface area contributed by atoms with Crippen LogP contribution < -0.4 is 14.4 Å². The fourth-order valence-electron chi connectivity index (χ4n) is 3.10. The van der Waals surface area contributed by atoms with E-state index in [1.165, 1.54) is 20.3 Å². The molecule has 0 unspecified atom stereocenters. The molecule has 1 fully saturated rings. The third kappa shape index (κ3) is 5.50. The molecule has 3 rings (SSSR count). The molecule has 0 aliphatic carbocycles. The van der Waals surface area contributed by atoms with E-state index in [1.54, 1.807) is 35.4 Å². The molecule has 8 nitrogen and oxygen atoms in total. The van der Waals surface area contributed by atoms with Gasteiger partial charge in [0.25, 0.3) is 5.91 Å². The van der Waals surface area contributed by atoms with Gasteiger partial charge in [0, 0.05) is 38.5 Å². The van der Waals surface area contributed by atoms with Crippen molar-refractivity contribution in [1.29, 1.82) is 0 Å². The van der Waals surface area contributed by atoms with Crippen molar-refractivity contribution in [3.8, 4) is 11.5 Å². The second-order valence-electron chi connectivity index (χ2n) is 6.61. The highest BCUT2D eigenvalue weighted by Crippen LogP contribution is 2.28. The van der Waals surface area contributed by atoms with Crippen LogP contribution in [0.4, 0.5) is 5.82 Å². The van der Waals surface area contributed by atoms with Gasteiger partial charge in [-0.2, -0.15) is 0 Å². The van der Waals surface area contributed by atoms with E-state index in [0.717, 1.165) is 24.5 Å². The van der Waals surface area contributed by atoms with Crippen LogP contribution >= 0.6 is 0 Å². The van der Waals surface area contributed by atoms with Crippen molar-refractivity contribution in [3.05, 3.63) is 54.2 Å². The van der Waals surface area contributed by atoms with Gasteiger partial charge in [0.1, 0.15) is 5.82 Å². The Bertz CT molecular complexity index is 893. The molecule has 2 heterocycles. The monoisotopic (exact) mass is 411 g/mol. The first-order valence-electron chi connectivity index (χ1n) is 9.61. The highest BCUT2D eigenvalue weighted by Gasteiger charge is 2.22. The van der Waals surface area contributed by atoms with Crippen LogP contribution in [0, 0.1) is 0 Å². The Labute approximate surface area is 175 Å². The van der Waals surface area contributed by atoms with Gasteiger partial charge in [-0.3, -0.25) is 4.79 Å². The fraction of sp³-hybridized carbons (Fsp3) is 0.318. The highest BCUT2D eigenvalue weighted by atomic mass is 16.5. The number of carbonyl (C=O) groups excluding carboxylic acids is 2. The zero-order valence-electron chi connectivity index (χ0n) is 17.1. The number of amides is 1. The maximum Gasteiger partial charge on any atom is 0.330 e. The zero-order chi connectivity index (χ0) is 21.3. The number of aromatic nitrogens is 1. The average Bonchev–Trinajstić information content (AvgIpc) is 2.81. The van der Waals surface area contributed by atoms with Crippen molar-refractivity contribution in [3.63, 3.8) is 0 Å². The predicted octanol–water partition coefficient (Wildman–Crippen LogP) is 2.00. The van der Waals surface area contributed by atoms with E-state index in [-0.39, 0.29) is 12.5 Å². The summed E-state index contributed by atoms with van der Waals surface area (Å²) in [4.78, 5) is 32.1. The van der Waals surface area contributed by atoms with Crippen LogP contribution in [-0.4, -0.2) is 68.8 Å². The van der Waals surface area contributed by atoms with Crippen LogP contribution in [-0.2, 0) is 14.3 Å². The van der Waals surface area contributed by atoms with Gasteiger partial charge >= 0.3 is 5.97 Å². The van der Waals surface area contributed by atoms with Crippen molar-refractivity contribution in [1.82, 2.24) is 9.88 Å². The van der Waals surface area contributed by atoms with Crippen LogP contribution in [0.3, 0.4) is 0 Å². The molecule has 0 radical (unpaired) electrons. The maximum absolute atomic E-state index is 12.6. The number of ether oxygens (including phenoxy) is 3. The molecule has 1 aliphatic heterocycles. The molecule has 1 aromatic heterocycles. The number of rotatable bonds is 7. The minimum Gasteiger partial charge on any atom is -0.493 e. The normalized spacial score (nSPS) is 13.9. The van der Waals surface area contributed by atoms with Gasteiger partial charge in [0.05, 0.1) is 14.2 Å². The van der Waals surface area contributed by atoms with Crippen LogP contribution in [0.2, 0.25) is 0 Å². The van der Waals surface area contributed by atoms with Crippen molar-refractivity contribution >= 4 is 23.8 Å². The second-order valence-corrected chi connectivity index (χ2v) is 6.61. The Morgan fingerprint density at radius 1 is 1.07 bits per heavy atom. The van der Waals surface area contributed by atoms with Gasteiger partial charge < -0.3 is 24.0 Å². The summed E-state index contributed by atoms with van der Waals surface area (Å²) in [5, 5.41) is 0. The number of esters is 1.